The second kappa shape index (κ2) is 7.41. The Hall–Kier alpha value is -1.61. The van der Waals surface area contributed by atoms with Gasteiger partial charge in [0, 0.05) is 10.4 Å². The van der Waals surface area contributed by atoms with Crippen molar-refractivity contribution in [3.63, 3.8) is 0 Å². The first kappa shape index (κ1) is 15.8. The van der Waals surface area contributed by atoms with Crippen LogP contribution in [0.1, 0.15) is 48.3 Å². The first-order valence-electron chi connectivity index (χ1n) is 7.54. The van der Waals surface area contributed by atoms with Crippen LogP contribution in [0, 0.1) is 5.92 Å². The van der Waals surface area contributed by atoms with Gasteiger partial charge in [0.25, 0.3) is 0 Å². The van der Waals surface area contributed by atoms with E-state index in [-0.39, 0.29) is 5.91 Å². The van der Waals surface area contributed by atoms with Gasteiger partial charge in [0.2, 0.25) is 5.91 Å². The van der Waals surface area contributed by atoms with Gasteiger partial charge in [-0.2, -0.15) is 0 Å². The number of nitrogens with two attached hydrogens (primary N) is 1. The largest absolute Gasteiger partial charge is 0.366 e. The molecule has 3 heteroatoms. The summed E-state index contributed by atoms with van der Waals surface area (Å²) < 4.78 is 0. The smallest absolute Gasteiger partial charge is 0.248 e. The van der Waals surface area contributed by atoms with E-state index in [0.717, 1.165) is 17.9 Å². The molecule has 21 heavy (non-hydrogen) atoms. The number of aryl methyl sites for hydroxylation is 1. The molecule has 1 amide bonds. The molecule has 2 rings (SSSR count). The Labute approximate surface area is 131 Å². The molecule has 1 aromatic heterocycles. The number of rotatable bonds is 7. The summed E-state index contributed by atoms with van der Waals surface area (Å²) >= 11 is 1.82. The molecule has 0 bridgehead atoms. The van der Waals surface area contributed by atoms with Gasteiger partial charge >= 0.3 is 0 Å². The molecule has 0 atom stereocenters. The van der Waals surface area contributed by atoms with Crippen LogP contribution in [0.4, 0.5) is 0 Å². The van der Waals surface area contributed by atoms with Gasteiger partial charge in [-0.15, -0.1) is 11.3 Å². The number of carbonyl (C=O) groups excluding carboxylic acids is 1. The quantitative estimate of drug-likeness (QED) is 0.727. The molecule has 0 aliphatic rings. The van der Waals surface area contributed by atoms with Crippen molar-refractivity contribution in [3.05, 3.63) is 46.2 Å². The Kier molecular flexibility index (Phi) is 5.57. The molecule has 0 saturated heterocycles. The summed E-state index contributed by atoms with van der Waals surface area (Å²) in [7, 11) is 0. The molecule has 0 fully saturated rings. The number of primary amides is 1. The zero-order chi connectivity index (χ0) is 15.2. The van der Waals surface area contributed by atoms with Crippen LogP contribution in [-0.4, -0.2) is 5.91 Å². The summed E-state index contributed by atoms with van der Waals surface area (Å²) in [5.41, 5.74) is 8.19. The van der Waals surface area contributed by atoms with E-state index in [1.807, 2.05) is 23.5 Å². The molecule has 0 radical (unpaired) electrons. The van der Waals surface area contributed by atoms with E-state index < -0.39 is 0 Å². The molecule has 0 saturated carbocycles. The van der Waals surface area contributed by atoms with Gasteiger partial charge in [0.1, 0.15) is 0 Å². The number of unbranched alkanes of at least 4 members (excludes halogenated alkanes) is 1. The molecule has 2 N–H and O–H groups in total. The van der Waals surface area contributed by atoms with Crippen LogP contribution in [0.15, 0.2) is 35.7 Å². The van der Waals surface area contributed by atoms with Crippen molar-refractivity contribution in [2.24, 2.45) is 11.7 Å². The van der Waals surface area contributed by atoms with Gasteiger partial charge in [-0.05, 0) is 53.5 Å². The molecule has 1 heterocycles. The predicted molar refractivity (Wildman–Crippen MR) is 90.7 cm³/mol. The van der Waals surface area contributed by atoms with Crippen LogP contribution >= 0.6 is 11.3 Å². The lowest BCUT2D eigenvalue weighted by Crippen LogP contribution is -2.10. The Morgan fingerprint density at radius 3 is 2.48 bits per heavy atom. The number of thiophene rings is 1. The van der Waals surface area contributed by atoms with Crippen LogP contribution in [-0.2, 0) is 6.42 Å². The molecule has 2 nitrogen and oxygen atoms in total. The first-order chi connectivity index (χ1) is 10.1. The molecule has 2 aromatic rings. The second-order valence-corrected chi connectivity index (χ2v) is 6.88. The number of benzene rings is 1. The van der Waals surface area contributed by atoms with E-state index in [2.05, 4.69) is 25.3 Å². The number of hydrogen-bond donors (Lipinski definition) is 1. The van der Waals surface area contributed by atoms with E-state index in [1.165, 1.54) is 29.7 Å². The Balaban J connectivity index is 1.94. The minimum Gasteiger partial charge on any atom is -0.366 e. The maximum Gasteiger partial charge on any atom is 0.248 e. The summed E-state index contributed by atoms with van der Waals surface area (Å²) in [5.74, 6) is 0.422. The molecule has 0 unspecified atom stereocenters. The van der Waals surface area contributed by atoms with E-state index in [4.69, 9.17) is 5.73 Å². The van der Waals surface area contributed by atoms with Crippen molar-refractivity contribution in [2.45, 2.75) is 39.5 Å². The van der Waals surface area contributed by atoms with Crippen molar-refractivity contribution < 1.29 is 4.79 Å². The molecule has 0 spiro atoms. The maximum absolute atomic E-state index is 11.1. The standard InChI is InChI=1S/C18H23NOS/c1-13(2)5-3-4-6-17-11-16(12-21-17)14-7-9-15(10-8-14)18(19)20/h7-13H,3-6H2,1-2H3,(H2,19,20). The lowest BCUT2D eigenvalue weighted by Gasteiger charge is -2.03. The van der Waals surface area contributed by atoms with Crippen LogP contribution < -0.4 is 5.73 Å². The topological polar surface area (TPSA) is 43.1 Å². The monoisotopic (exact) mass is 301 g/mol. The van der Waals surface area contributed by atoms with Gasteiger partial charge in [0.15, 0.2) is 0 Å². The van der Waals surface area contributed by atoms with Crippen LogP contribution in [0.2, 0.25) is 0 Å². The lowest BCUT2D eigenvalue weighted by molar-refractivity contribution is 0.100. The molecular weight excluding hydrogens is 278 g/mol. The number of carbonyl (C=O) groups is 1. The first-order valence-corrected chi connectivity index (χ1v) is 8.42. The van der Waals surface area contributed by atoms with Gasteiger partial charge in [0.05, 0.1) is 0 Å². The molecule has 112 valence electrons. The summed E-state index contributed by atoms with van der Waals surface area (Å²) in [5, 5.41) is 2.19. The lowest BCUT2D eigenvalue weighted by atomic mass is 10.0. The second-order valence-electron chi connectivity index (χ2n) is 5.88. The average Bonchev–Trinajstić information content (AvgIpc) is 2.92. The van der Waals surface area contributed by atoms with E-state index in [1.54, 1.807) is 12.1 Å². The number of hydrogen-bond acceptors (Lipinski definition) is 2. The maximum atomic E-state index is 11.1. The summed E-state index contributed by atoms with van der Waals surface area (Å²) in [6.07, 6.45) is 5.04. The highest BCUT2D eigenvalue weighted by Gasteiger charge is 2.05. The van der Waals surface area contributed by atoms with Crippen LogP contribution in [0.25, 0.3) is 11.1 Å². The fraction of sp³-hybridized carbons (Fsp3) is 0.389. The van der Waals surface area contributed by atoms with Gasteiger partial charge in [-0.3, -0.25) is 4.79 Å². The summed E-state index contributed by atoms with van der Waals surface area (Å²) in [6.45, 7) is 4.55. The van der Waals surface area contributed by atoms with Crippen molar-refractivity contribution in [1.82, 2.24) is 0 Å². The fourth-order valence-electron chi connectivity index (χ4n) is 2.34. The van der Waals surface area contributed by atoms with E-state index >= 15 is 0 Å². The third kappa shape index (κ3) is 4.71. The fourth-order valence-corrected chi connectivity index (χ4v) is 3.28. The van der Waals surface area contributed by atoms with Crippen molar-refractivity contribution in [1.29, 1.82) is 0 Å². The Bertz CT molecular complexity index is 584. The van der Waals surface area contributed by atoms with Crippen molar-refractivity contribution in [3.8, 4) is 11.1 Å². The third-order valence-electron chi connectivity index (χ3n) is 3.61. The molecule has 1 aromatic carbocycles. The van der Waals surface area contributed by atoms with E-state index in [0.29, 0.717) is 5.56 Å². The van der Waals surface area contributed by atoms with Gasteiger partial charge < -0.3 is 5.73 Å². The minimum absolute atomic E-state index is 0.377. The zero-order valence-corrected chi connectivity index (χ0v) is 13.6. The third-order valence-corrected chi connectivity index (χ3v) is 4.61. The molecular formula is C18H23NOS. The highest BCUT2D eigenvalue weighted by molar-refractivity contribution is 7.10. The van der Waals surface area contributed by atoms with Crippen LogP contribution in [0.5, 0.6) is 0 Å². The molecule has 0 aliphatic carbocycles. The Morgan fingerprint density at radius 1 is 1.14 bits per heavy atom. The summed E-state index contributed by atoms with van der Waals surface area (Å²) in [6, 6.07) is 9.77. The minimum atomic E-state index is -0.377. The normalized spacial score (nSPS) is 11.0. The highest BCUT2D eigenvalue weighted by Crippen LogP contribution is 2.27. The molecule has 0 aliphatic heterocycles. The van der Waals surface area contributed by atoms with Crippen molar-refractivity contribution in [2.75, 3.05) is 0 Å². The van der Waals surface area contributed by atoms with Gasteiger partial charge in [-0.25, -0.2) is 0 Å². The average molecular weight is 301 g/mol. The number of amides is 1. The predicted octanol–water partition coefficient (Wildman–Crippen LogP) is 4.88. The van der Waals surface area contributed by atoms with Crippen LogP contribution in [0.3, 0.4) is 0 Å². The van der Waals surface area contributed by atoms with Gasteiger partial charge in [-0.1, -0.05) is 38.8 Å². The SMILES string of the molecule is CC(C)CCCCc1cc(-c2ccc(C(N)=O)cc2)cs1. The Morgan fingerprint density at radius 2 is 1.86 bits per heavy atom. The van der Waals surface area contributed by atoms with E-state index in [9.17, 15) is 4.79 Å². The summed E-state index contributed by atoms with van der Waals surface area (Å²) in [4.78, 5) is 12.5. The highest BCUT2D eigenvalue weighted by atomic mass is 32.1. The zero-order valence-electron chi connectivity index (χ0n) is 12.8. The van der Waals surface area contributed by atoms with Crippen molar-refractivity contribution >= 4 is 17.2 Å².